The largest absolute Gasteiger partial charge is 0.390 e. The van der Waals surface area contributed by atoms with Gasteiger partial charge in [-0.25, -0.2) is 5.48 Å². The number of carbonyl (C=O) groups excluding carboxylic acids is 2. The maximum absolute atomic E-state index is 12.5. The molecule has 1 saturated heterocycles. The number of rotatable bonds is 4. The van der Waals surface area contributed by atoms with Crippen molar-refractivity contribution in [3.8, 4) is 0 Å². The van der Waals surface area contributed by atoms with Crippen LogP contribution < -0.4 is 5.48 Å². The highest BCUT2D eigenvalue weighted by Gasteiger charge is 2.40. The predicted octanol–water partition coefficient (Wildman–Crippen LogP) is 1.05. The van der Waals surface area contributed by atoms with E-state index >= 15 is 0 Å². The maximum Gasteiger partial charge on any atom is 0.267 e. The first-order valence-corrected chi connectivity index (χ1v) is 7.05. The molecule has 0 saturated carbocycles. The molecule has 1 heterocycles. The molecule has 0 radical (unpaired) electrons. The molecule has 1 aromatic carbocycles. The molecule has 3 N–H and O–H groups in total. The van der Waals surface area contributed by atoms with Crippen LogP contribution in [0, 0.1) is 5.92 Å². The number of amides is 2. The Bertz CT molecular complexity index is 598. The average molecular weight is 304 g/mol. The van der Waals surface area contributed by atoms with E-state index in [1.807, 2.05) is 0 Å². The fraction of sp³-hybridized carbons (Fsp3) is 0.375. The highest BCUT2D eigenvalue weighted by atomic mass is 16.5. The SMILES string of the molecule is CC(C)(O)C1CN(C(=O)c2ccccc2C=CC(=O)NO)C1. The van der Waals surface area contributed by atoms with E-state index in [-0.39, 0.29) is 11.8 Å². The lowest BCUT2D eigenvalue weighted by molar-refractivity contribution is -0.124. The zero-order valence-electron chi connectivity index (χ0n) is 12.6. The summed E-state index contributed by atoms with van der Waals surface area (Å²) < 4.78 is 0. The van der Waals surface area contributed by atoms with Crippen LogP contribution >= 0.6 is 0 Å². The van der Waals surface area contributed by atoms with Crippen LogP contribution in [0.2, 0.25) is 0 Å². The molecule has 1 aliphatic heterocycles. The molecule has 22 heavy (non-hydrogen) atoms. The minimum atomic E-state index is -0.796. The first-order valence-electron chi connectivity index (χ1n) is 7.05. The topological polar surface area (TPSA) is 89.9 Å². The summed E-state index contributed by atoms with van der Waals surface area (Å²) in [6.07, 6.45) is 2.63. The maximum atomic E-state index is 12.5. The second-order valence-electron chi connectivity index (χ2n) is 5.96. The molecule has 0 bridgehead atoms. The highest BCUT2D eigenvalue weighted by molar-refractivity contribution is 6.00. The van der Waals surface area contributed by atoms with Crippen LogP contribution in [0.15, 0.2) is 30.3 Å². The van der Waals surface area contributed by atoms with Gasteiger partial charge < -0.3 is 10.0 Å². The van der Waals surface area contributed by atoms with E-state index in [0.29, 0.717) is 24.2 Å². The van der Waals surface area contributed by atoms with Crippen LogP contribution in [-0.2, 0) is 4.79 Å². The molecule has 0 atom stereocenters. The van der Waals surface area contributed by atoms with Crippen LogP contribution in [0.5, 0.6) is 0 Å². The first-order chi connectivity index (χ1) is 10.3. The molecule has 2 amide bonds. The average Bonchev–Trinajstić information content (AvgIpc) is 2.41. The van der Waals surface area contributed by atoms with Gasteiger partial charge in [0.2, 0.25) is 0 Å². The number of hydrogen-bond donors (Lipinski definition) is 3. The minimum Gasteiger partial charge on any atom is -0.390 e. The summed E-state index contributed by atoms with van der Waals surface area (Å²) in [7, 11) is 0. The normalized spacial score (nSPS) is 15.7. The van der Waals surface area contributed by atoms with Gasteiger partial charge in [-0.15, -0.1) is 0 Å². The van der Waals surface area contributed by atoms with Crippen molar-refractivity contribution in [2.45, 2.75) is 19.4 Å². The molecule has 0 spiro atoms. The van der Waals surface area contributed by atoms with Crippen molar-refractivity contribution in [3.05, 3.63) is 41.5 Å². The Kier molecular flexibility index (Phi) is 4.63. The molecule has 2 rings (SSSR count). The van der Waals surface area contributed by atoms with Crippen molar-refractivity contribution >= 4 is 17.9 Å². The number of carbonyl (C=O) groups is 2. The van der Waals surface area contributed by atoms with Gasteiger partial charge in [0.15, 0.2) is 0 Å². The lowest BCUT2D eigenvalue weighted by atomic mass is 9.84. The summed E-state index contributed by atoms with van der Waals surface area (Å²) in [6.45, 7) is 4.50. The van der Waals surface area contributed by atoms with Crippen LogP contribution in [0.4, 0.5) is 0 Å². The van der Waals surface area contributed by atoms with Crippen molar-refractivity contribution in [1.82, 2.24) is 10.4 Å². The molecule has 1 aromatic rings. The molecule has 6 nitrogen and oxygen atoms in total. The fourth-order valence-electron chi connectivity index (χ4n) is 2.30. The van der Waals surface area contributed by atoms with Gasteiger partial charge in [-0.3, -0.25) is 14.8 Å². The Morgan fingerprint density at radius 3 is 2.55 bits per heavy atom. The predicted molar refractivity (Wildman–Crippen MR) is 81.1 cm³/mol. The van der Waals surface area contributed by atoms with Gasteiger partial charge in [-0.1, -0.05) is 18.2 Å². The molecule has 1 aliphatic rings. The van der Waals surface area contributed by atoms with Crippen molar-refractivity contribution in [3.63, 3.8) is 0 Å². The molecular formula is C16H20N2O4. The Hall–Kier alpha value is -2.18. The number of likely N-dealkylation sites (tertiary alicyclic amines) is 1. The van der Waals surface area contributed by atoms with Crippen LogP contribution in [-0.4, -0.2) is 45.7 Å². The number of benzene rings is 1. The molecule has 0 unspecified atom stereocenters. The summed E-state index contributed by atoms with van der Waals surface area (Å²) >= 11 is 0. The Labute approximate surface area is 129 Å². The minimum absolute atomic E-state index is 0.0688. The molecule has 0 aliphatic carbocycles. The third-order valence-electron chi connectivity index (χ3n) is 3.88. The second kappa shape index (κ2) is 6.29. The van der Waals surface area contributed by atoms with Gasteiger partial charge in [0.1, 0.15) is 0 Å². The third-order valence-corrected chi connectivity index (χ3v) is 3.88. The summed E-state index contributed by atoms with van der Waals surface area (Å²) in [4.78, 5) is 25.2. The van der Waals surface area contributed by atoms with Crippen LogP contribution in [0.1, 0.15) is 29.8 Å². The van der Waals surface area contributed by atoms with Crippen molar-refractivity contribution in [2.75, 3.05) is 13.1 Å². The van der Waals surface area contributed by atoms with E-state index in [9.17, 15) is 14.7 Å². The lowest BCUT2D eigenvalue weighted by Crippen LogP contribution is -2.57. The van der Waals surface area contributed by atoms with Gasteiger partial charge in [0.05, 0.1) is 5.60 Å². The van der Waals surface area contributed by atoms with Crippen molar-refractivity contribution in [2.24, 2.45) is 5.92 Å². The number of nitrogens with one attached hydrogen (secondary N) is 1. The quantitative estimate of drug-likeness (QED) is 0.440. The van der Waals surface area contributed by atoms with Crippen LogP contribution in [0.3, 0.4) is 0 Å². The Balaban J connectivity index is 2.12. The fourth-order valence-corrected chi connectivity index (χ4v) is 2.30. The molecule has 6 heteroatoms. The van der Waals surface area contributed by atoms with Crippen molar-refractivity contribution < 1.29 is 19.9 Å². The van der Waals surface area contributed by atoms with Crippen LogP contribution in [0.25, 0.3) is 6.08 Å². The lowest BCUT2D eigenvalue weighted by Gasteiger charge is -2.45. The molecule has 1 fully saturated rings. The van der Waals surface area contributed by atoms with E-state index in [1.54, 1.807) is 43.0 Å². The van der Waals surface area contributed by atoms with Gasteiger partial charge in [0.25, 0.3) is 11.8 Å². The number of hydrogen-bond acceptors (Lipinski definition) is 4. The first kappa shape index (κ1) is 16.2. The van der Waals surface area contributed by atoms with Gasteiger partial charge >= 0.3 is 0 Å². The standard InChI is InChI=1S/C16H20N2O4/c1-16(2,21)12-9-18(10-12)15(20)13-6-4-3-5-11(13)7-8-14(19)17-22/h3-8,12,21-22H,9-10H2,1-2H3,(H,17,19). The van der Waals surface area contributed by atoms with E-state index < -0.39 is 11.5 Å². The smallest absolute Gasteiger partial charge is 0.267 e. The monoisotopic (exact) mass is 304 g/mol. The molecule has 118 valence electrons. The van der Waals surface area contributed by atoms with Gasteiger partial charge in [-0.05, 0) is 31.6 Å². The number of hydroxylamine groups is 1. The number of nitrogens with zero attached hydrogens (tertiary/aromatic N) is 1. The van der Waals surface area contributed by atoms with Crippen molar-refractivity contribution in [1.29, 1.82) is 0 Å². The third kappa shape index (κ3) is 3.52. The van der Waals surface area contributed by atoms with E-state index in [1.165, 1.54) is 11.6 Å². The Morgan fingerprint density at radius 2 is 1.95 bits per heavy atom. The number of aliphatic hydroxyl groups is 1. The van der Waals surface area contributed by atoms with E-state index in [2.05, 4.69) is 0 Å². The summed E-state index contributed by atoms with van der Waals surface area (Å²) in [5, 5.41) is 18.4. The van der Waals surface area contributed by atoms with E-state index in [4.69, 9.17) is 5.21 Å². The molecule has 0 aromatic heterocycles. The summed E-state index contributed by atoms with van der Waals surface area (Å²) in [6, 6.07) is 6.94. The van der Waals surface area contributed by atoms with Gasteiger partial charge in [-0.2, -0.15) is 0 Å². The summed E-state index contributed by atoms with van der Waals surface area (Å²) in [5.41, 5.74) is 1.79. The van der Waals surface area contributed by atoms with Gasteiger partial charge in [0, 0.05) is 30.6 Å². The highest BCUT2D eigenvalue weighted by Crippen LogP contribution is 2.28. The molecular weight excluding hydrogens is 284 g/mol. The Morgan fingerprint density at radius 1 is 1.32 bits per heavy atom. The zero-order valence-corrected chi connectivity index (χ0v) is 12.6. The second-order valence-corrected chi connectivity index (χ2v) is 5.96. The van der Waals surface area contributed by atoms with E-state index in [0.717, 1.165) is 6.08 Å². The zero-order chi connectivity index (χ0) is 16.3. The summed E-state index contributed by atoms with van der Waals surface area (Å²) in [5.74, 6) is -0.724.